The van der Waals surface area contributed by atoms with Crippen molar-refractivity contribution < 1.29 is 9.47 Å². The van der Waals surface area contributed by atoms with Gasteiger partial charge < -0.3 is 20.1 Å². The normalized spacial score (nSPS) is 28.1. The summed E-state index contributed by atoms with van der Waals surface area (Å²) in [6, 6.07) is 14.3. The molecule has 2 unspecified atom stereocenters. The van der Waals surface area contributed by atoms with Gasteiger partial charge in [0.15, 0.2) is 0 Å². The van der Waals surface area contributed by atoms with Crippen molar-refractivity contribution in [2.75, 3.05) is 27.3 Å². The topological polar surface area (TPSA) is 42.5 Å². The molecule has 2 aromatic carbocycles. The van der Waals surface area contributed by atoms with Gasteiger partial charge in [-0.3, -0.25) is 0 Å². The first-order valence-electron chi connectivity index (χ1n) is 12.6. The maximum absolute atomic E-state index is 5.53. The molecule has 0 saturated carbocycles. The Balaban J connectivity index is 0.000000135. The monoisotopic (exact) mass is 434 g/mol. The van der Waals surface area contributed by atoms with Crippen LogP contribution >= 0.6 is 0 Å². The quantitative estimate of drug-likeness (QED) is 0.702. The standard InChI is InChI=1S/2C14H19NO/c2*1-16-13-6-2-4-10-7-8-12-11(14(10)13)5-3-9-15-12/h2*2,4,6,11-12,15H,3,5,7-9H2,1H3/t2*11?,12-/m10/s1. The molecule has 0 radical (unpaired) electrons. The third-order valence-electron chi connectivity index (χ3n) is 8.11. The summed E-state index contributed by atoms with van der Waals surface area (Å²) in [6.07, 6.45) is 10.2. The van der Waals surface area contributed by atoms with E-state index in [0.29, 0.717) is 23.9 Å². The molecule has 6 rings (SSSR count). The van der Waals surface area contributed by atoms with E-state index in [9.17, 15) is 0 Å². The lowest BCUT2D eigenvalue weighted by molar-refractivity contribution is 0.307. The van der Waals surface area contributed by atoms with Crippen molar-refractivity contribution in [1.82, 2.24) is 10.6 Å². The number of hydrogen-bond donors (Lipinski definition) is 2. The van der Waals surface area contributed by atoms with Gasteiger partial charge in [0, 0.05) is 35.0 Å². The number of rotatable bonds is 2. The van der Waals surface area contributed by atoms with Crippen LogP contribution in [0.25, 0.3) is 0 Å². The molecule has 0 spiro atoms. The number of benzene rings is 2. The first-order chi connectivity index (χ1) is 15.8. The highest BCUT2D eigenvalue weighted by Gasteiger charge is 2.34. The number of aryl methyl sites for hydroxylation is 2. The van der Waals surface area contributed by atoms with Crippen molar-refractivity contribution in [3.05, 3.63) is 58.7 Å². The Morgan fingerprint density at radius 2 is 1.12 bits per heavy atom. The minimum Gasteiger partial charge on any atom is -0.496 e. The summed E-state index contributed by atoms with van der Waals surface area (Å²) in [6.45, 7) is 2.37. The van der Waals surface area contributed by atoms with Crippen LogP contribution in [-0.2, 0) is 12.8 Å². The molecule has 4 nitrogen and oxygen atoms in total. The van der Waals surface area contributed by atoms with E-state index in [4.69, 9.17) is 9.47 Å². The minimum absolute atomic E-state index is 0.675. The summed E-state index contributed by atoms with van der Waals surface area (Å²) in [5.41, 5.74) is 5.97. The Kier molecular flexibility index (Phi) is 6.70. The second kappa shape index (κ2) is 9.84. The van der Waals surface area contributed by atoms with Crippen molar-refractivity contribution in [2.45, 2.75) is 75.3 Å². The molecule has 32 heavy (non-hydrogen) atoms. The number of fused-ring (bicyclic) bond motifs is 6. The lowest BCUT2D eigenvalue weighted by Gasteiger charge is -2.38. The van der Waals surface area contributed by atoms with Gasteiger partial charge in [-0.1, -0.05) is 24.3 Å². The third kappa shape index (κ3) is 4.15. The maximum Gasteiger partial charge on any atom is 0.122 e. The Hall–Kier alpha value is -2.04. The highest BCUT2D eigenvalue weighted by molar-refractivity contribution is 5.46. The fourth-order valence-electron chi connectivity index (χ4n) is 6.64. The molecule has 0 bridgehead atoms. The number of ether oxygens (including phenoxy) is 2. The first kappa shape index (κ1) is 21.8. The zero-order valence-electron chi connectivity index (χ0n) is 19.7. The van der Waals surface area contributed by atoms with Crippen LogP contribution in [0.2, 0.25) is 0 Å². The smallest absolute Gasteiger partial charge is 0.122 e. The van der Waals surface area contributed by atoms with Gasteiger partial charge in [0.05, 0.1) is 14.2 Å². The van der Waals surface area contributed by atoms with E-state index in [1.165, 1.54) is 86.7 Å². The van der Waals surface area contributed by atoms with Crippen molar-refractivity contribution in [2.24, 2.45) is 0 Å². The molecule has 0 amide bonds. The van der Waals surface area contributed by atoms with Crippen LogP contribution in [0, 0.1) is 0 Å². The summed E-state index contributed by atoms with van der Waals surface area (Å²) in [5, 5.41) is 7.32. The van der Waals surface area contributed by atoms with Gasteiger partial charge in [-0.25, -0.2) is 0 Å². The molecule has 4 heteroatoms. The minimum atomic E-state index is 0.675. The summed E-state index contributed by atoms with van der Waals surface area (Å²) in [7, 11) is 3.57. The molecule has 172 valence electrons. The van der Waals surface area contributed by atoms with Crippen molar-refractivity contribution in [3.8, 4) is 11.5 Å². The van der Waals surface area contributed by atoms with E-state index in [2.05, 4.69) is 47.0 Å². The van der Waals surface area contributed by atoms with E-state index < -0.39 is 0 Å². The van der Waals surface area contributed by atoms with Crippen LogP contribution < -0.4 is 20.1 Å². The fraction of sp³-hybridized carbons (Fsp3) is 0.571. The number of nitrogens with one attached hydrogen (secondary N) is 2. The van der Waals surface area contributed by atoms with Gasteiger partial charge in [0.2, 0.25) is 0 Å². The average Bonchev–Trinajstić information content (AvgIpc) is 2.88. The molecule has 2 aromatic rings. The van der Waals surface area contributed by atoms with Gasteiger partial charge in [-0.2, -0.15) is 0 Å². The zero-order chi connectivity index (χ0) is 21.9. The first-order valence-corrected chi connectivity index (χ1v) is 12.6. The number of methoxy groups -OCH3 is 2. The van der Waals surface area contributed by atoms with Crippen LogP contribution in [0.4, 0.5) is 0 Å². The second-order valence-electron chi connectivity index (χ2n) is 9.76. The van der Waals surface area contributed by atoms with Crippen LogP contribution in [0.5, 0.6) is 11.5 Å². The van der Waals surface area contributed by atoms with Crippen LogP contribution in [0.15, 0.2) is 36.4 Å². The molecule has 2 fully saturated rings. The molecule has 2 saturated heterocycles. The van der Waals surface area contributed by atoms with Crippen molar-refractivity contribution in [3.63, 3.8) is 0 Å². The lowest BCUT2D eigenvalue weighted by Crippen LogP contribution is -2.42. The largest absolute Gasteiger partial charge is 0.496 e. The van der Waals surface area contributed by atoms with E-state index >= 15 is 0 Å². The predicted octanol–water partition coefficient (Wildman–Crippen LogP) is 4.95. The fourth-order valence-corrected chi connectivity index (χ4v) is 6.64. The van der Waals surface area contributed by atoms with Crippen LogP contribution in [0.3, 0.4) is 0 Å². The molecule has 4 aliphatic rings. The third-order valence-corrected chi connectivity index (χ3v) is 8.11. The predicted molar refractivity (Wildman–Crippen MR) is 130 cm³/mol. The molecule has 4 atom stereocenters. The van der Waals surface area contributed by atoms with Crippen molar-refractivity contribution >= 4 is 0 Å². The molecule has 2 heterocycles. The lowest BCUT2D eigenvalue weighted by atomic mass is 9.75. The maximum atomic E-state index is 5.53. The summed E-state index contributed by atoms with van der Waals surface area (Å²) < 4.78 is 11.1. The summed E-state index contributed by atoms with van der Waals surface area (Å²) >= 11 is 0. The Labute approximate surface area is 193 Å². The Morgan fingerprint density at radius 1 is 0.656 bits per heavy atom. The molecule has 2 aliphatic carbocycles. The molecular formula is C28H38N2O2. The highest BCUT2D eigenvalue weighted by atomic mass is 16.5. The molecular weight excluding hydrogens is 396 g/mol. The molecule has 0 aromatic heterocycles. The van der Waals surface area contributed by atoms with Crippen LogP contribution in [-0.4, -0.2) is 39.4 Å². The molecule has 2 N–H and O–H groups in total. The van der Waals surface area contributed by atoms with E-state index in [1.807, 2.05) is 0 Å². The number of piperidine rings is 2. The van der Waals surface area contributed by atoms with E-state index in [-0.39, 0.29) is 0 Å². The molecule has 2 aliphatic heterocycles. The van der Waals surface area contributed by atoms with Gasteiger partial charge in [-0.05, 0) is 87.7 Å². The summed E-state index contributed by atoms with van der Waals surface area (Å²) in [5.74, 6) is 3.54. The second-order valence-corrected chi connectivity index (χ2v) is 9.76. The summed E-state index contributed by atoms with van der Waals surface area (Å²) in [4.78, 5) is 0. The van der Waals surface area contributed by atoms with E-state index in [0.717, 1.165) is 11.5 Å². The number of hydrogen-bond acceptors (Lipinski definition) is 4. The SMILES string of the molecule is COc1cccc2c1C1CCCN[C@@H]1CC2.COc1cccc2c1C1CCCN[C@H]1CC2. The average molecular weight is 435 g/mol. The zero-order valence-corrected chi connectivity index (χ0v) is 19.7. The van der Waals surface area contributed by atoms with Gasteiger partial charge in [-0.15, -0.1) is 0 Å². The Bertz CT molecular complexity index is 824. The van der Waals surface area contributed by atoms with Gasteiger partial charge in [0.25, 0.3) is 0 Å². The Morgan fingerprint density at radius 3 is 1.56 bits per heavy atom. The van der Waals surface area contributed by atoms with E-state index in [1.54, 1.807) is 14.2 Å². The van der Waals surface area contributed by atoms with Gasteiger partial charge >= 0.3 is 0 Å². The van der Waals surface area contributed by atoms with Gasteiger partial charge in [0.1, 0.15) is 11.5 Å². The van der Waals surface area contributed by atoms with Crippen molar-refractivity contribution in [1.29, 1.82) is 0 Å². The highest BCUT2D eigenvalue weighted by Crippen LogP contribution is 2.43. The van der Waals surface area contributed by atoms with Crippen LogP contribution in [0.1, 0.15) is 72.6 Å².